The summed E-state index contributed by atoms with van der Waals surface area (Å²) in [5.74, 6) is 0.752. The molecule has 0 atom stereocenters. The Morgan fingerprint density at radius 3 is 2.19 bits per heavy atom. The van der Waals surface area contributed by atoms with Crippen LogP contribution in [-0.4, -0.2) is 50.1 Å². The monoisotopic (exact) mass is 415 g/mol. The van der Waals surface area contributed by atoms with Gasteiger partial charge < -0.3 is 15.0 Å². The largest absolute Gasteiger partial charge is 0.489 e. The Morgan fingerprint density at radius 1 is 0.806 bits per heavy atom. The number of carbonyl (C=O) groups is 1. The summed E-state index contributed by atoms with van der Waals surface area (Å²) in [5, 5.41) is 3.08. The molecule has 31 heavy (non-hydrogen) atoms. The minimum atomic E-state index is -0.0461. The fourth-order valence-corrected chi connectivity index (χ4v) is 3.84. The second-order valence-electron chi connectivity index (χ2n) is 7.68. The molecule has 5 heteroatoms. The molecule has 1 heterocycles. The number of hydrogen-bond donors (Lipinski definition) is 1. The van der Waals surface area contributed by atoms with Gasteiger partial charge in [-0.3, -0.25) is 9.69 Å². The van der Waals surface area contributed by atoms with E-state index in [1.165, 1.54) is 5.69 Å². The molecule has 1 N–H and O–H groups in total. The third-order valence-electron chi connectivity index (χ3n) is 5.61. The molecule has 3 aromatic rings. The van der Waals surface area contributed by atoms with Crippen LogP contribution in [0, 0.1) is 0 Å². The smallest absolute Gasteiger partial charge is 0.251 e. The van der Waals surface area contributed by atoms with Crippen LogP contribution in [0.15, 0.2) is 84.9 Å². The molecule has 1 aliphatic rings. The van der Waals surface area contributed by atoms with Gasteiger partial charge >= 0.3 is 0 Å². The number of nitrogens with zero attached hydrogens (tertiary/aromatic N) is 2. The van der Waals surface area contributed by atoms with Gasteiger partial charge in [0.25, 0.3) is 5.91 Å². The van der Waals surface area contributed by atoms with Crippen LogP contribution in [0.4, 0.5) is 5.69 Å². The summed E-state index contributed by atoms with van der Waals surface area (Å²) in [4.78, 5) is 17.6. The maximum Gasteiger partial charge on any atom is 0.251 e. The first kappa shape index (κ1) is 20.9. The molecule has 160 valence electrons. The molecule has 1 fully saturated rings. The summed E-state index contributed by atoms with van der Waals surface area (Å²) in [5.41, 5.74) is 2.84. The molecule has 1 saturated heterocycles. The van der Waals surface area contributed by atoms with Gasteiger partial charge in [0.15, 0.2) is 0 Å². The van der Waals surface area contributed by atoms with Crippen molar-refractivity contribution in [1.29, 1.82) is 0 Å². The highest BCUT2D eigenvalue weighted by Gasteiger charge is 2.17. The molecule has 0 aliphatic carbocycles. The summed E-state index contributed by atoms with van der Waals surface area (Å²) < 4.78 is 5.84. The molecule has 0 saturated carbocycles. The lowest BCUT2D eigenvalue weighted by Gasteiger charge is -2.36. The van der Waals surface area contributed by atoms with E-state index >= 15 is 0 Å². The van der Waals surface area contributed by atoms with Gasteiger partial charge in [0.1, 0.15) is 12.4 Å². The van der Waals surface area contributed by atoms with Crippen molar-refractivity contribution in [3.05, 3.63) is 96.1 Å². The van der Waals surface area contributed by atoms with Crippen molar-refractivity contribution in [2.24, 2.45) is 0 Å². The first-order chi connectivity index (χ1) is 15.3. The number of rotatable bonds is 8. The van der Waals surface area contributed by atoms with Crippen LogP contribution in [-0.2, 0) is 6.61 Å². The number of carbonyl (C=O) groups excluding carboxylic acids is 1. The lowest BCUT2D eigenvalue weighted by Crippen LogP contribution is -2.48. The number of para-hydroxylation sites is 2. The lowest BCUT2D eigenvalue weighted by molar-refractivity contribution is 0.0945. The average molecular weight is 416 g/mol. The zero-order chi connectivity index (χ0) is 21.3. The Bertz CT molecular complexity index is 955. The SMILES string of the molecule is O=C(NCCN1CCN(c2ccccc2)CC1)c1ccccc1COc1ccccc1. The van der Waals surface area contributed by atoms with E-state index in [4.69, 9.17) is 4.74 Å². The summed E-state index contributed by atoms with van der Waals surface area (Å²) in [7, 11) is 0. The van der Waals surface area contributed by atoms with Crippen molar-refractivity contribution < 1.29 is 9.53 Å². The summed E-state index contributed by atoms with van der Waals surface area (Å²) >= 11 is 0. The lowest BCUT2D eigenvalue weighted by atomic mass is 10.1. The molecule has 1 amide bonds. The van der Waals surface area contributed by atoms with E-state index in [1.807, 2.05) is 60.7 Å². The Labute approximate surface area is 184 Å². The van der Waals surface area contributed by atoms with E-state index in [-0.39, 0.29) is 5.91 Å². The third kappa shape index (κ3) is 5.86. The molecule has 1 aliphatic heterocycles. The average Bonchev–Trinajstić information content (AvgIpc) is 2.84. The summed E-state index contributed by atoms with van der Waals surface area (Å²) in [6.45, 7) is 5.90. The molecular weight excluding hydrogens is 386 g/mol. The predicted molar refractivity (Wildman–Crippen MR) is 125 cm³/mol. The third-order valence-corrected chi connectivity index (χ3v) is 5.61. The van der Waals surface area contributed by atoms with E-state index in [0.717, 1.165) is 44.0 Å². The van der Waals surface area contributed by atoms with Crippen LogP contribution in [0.3, 0.4) is 0 Å². The maximum absolute atomic E-state index is 12.8. The standard InChI is InChI=1S/C26H29N3O2/c30-26(25-14-8-7-9-22(25)21-31-24-12-5-2-6-13-24)27-15-16-28-17-19-29(20-18-28)23-10-3-1-4-11-23/h1-14H,15-21H2,(H,27,30). The summed E-state index contributed by atoms with van der Waals surface area (Å²) in [6.07, 6.45) is 0. The fraction of sp³-hybridized carbons (Fsp3) is 0.269. The number of benzene rings is 3. The zero-order valence-corrected chi connectivity index (χ0v) is 17.7. The van der Waals surface area contributed by atoms with Crippen LogP contribution >= 0.6 is 0 Å². The van der Waals surface area contributed by atoms with Gasteiger partial charge in [0.2, 0.25) is 0 Å². The molecular formula is C26H29N3O2. The number of amides is 1. The van der Waals surface area contributed by atoms with Gasteiger partial charge in [-0.1, -0.05) is 54.6 Å². The van der Waals surface area contributed by atoms with E-state index in [0.29, 0.717) is 18.7 Å². The second-order valence-corrected chi connectivity index (χ2v) is 7.68. The first-order valence-corrected chi connectivity index (χ1v) is 10.9. The highest BCUT2D eigenvalue weighted by molar-refractivity contribution is 5.95. The molecule has 0 aromatic heterocycles. The van der Waals surface area contributed by atoms with Gasteiger partial charge in [-0.15, -0.1) is 0 Å². The van der Waals surface area contributed by atoms with Crippen LogP contribution in [0.1, 0.15) is 15.9 Å². The van der Waals surface area contributed by atoms with Crippen molar-refractivity contribution in [2.45, 2.75) is 6.61 Å². The minimum absolute atomic E-state index is 0.0461. The summed E-state index contributed by atoms with van der Waals surface area (Å²) in [6, 6.07) is 27.8. The number of ether oxygens (including phenoxy) is 1. The quantitative estimate of drug-likeness (QED) is 0.608. The second kappa shape index (κ2) is 10.6. The van der Waals surface area contributed by atoms with Crippen LogP contribution in [0.2, 0.25) is 0 Å². The minimum Gasteiger partial charge on any atom is -0.489 e. The van der Waals surface area contributed by atoms with E-state index in [1.54, 1.807) is 0 Å². The van der Waals surface area contributed by atoms with Crippen LogP contribution < -0.4 is 15.0 Å². The number of anilines is 1. The molecule has 0 radical (unpaired) electrons. The molecule has 5 nitrogen and oxygen atoms in total. The zero-order valence-electron chi connectivity index (χ0n) is 17.7. The normalized spacial score (nSPS) is 14.3. The van der Waals surface area contributed by atoms with E-state index < -0.39 is 0 Å². The number of nitrogens with one attached hydrogen (secondary N) is 1. The maximum atomic E-state index is 12.8. The number of hydrogen-bond acceptors (Lipinski definition) is 4. The first-order valence-electron chi connectivity index (χ1n) is 10.9. The molecule has 0 spiro atoms. The van der Waals surface area contributed by atoms with Crippen molar-refractivity contribution >= 4 is 11.6 Å². The Balaban J connectivity index is 1.23. The van der Waals surface area contributed by atoms with Crippen LogP contribution in [0.5, 0.6) is 5.75 Å². The highest BCUT2D eigenvalue weighted by atomic mass is 16.5. The van der Waals surface area contributed by atoms with Gasteiger partial charge in [-0.05, 0) is 30.3 Å². The van der Waals surface area contributed by atoms with Gasteiger partial charge in [0.05, 0.1) is 0 Å². The van der Waals surface area contributed by atoms with Crippen molar-refractivity contribution in [2.75, 3.05) is 44.2 Å². The van der Waals surface area contributed by atoms with Crippen molar-refractivity contribution in [3.8, 4) is 5.75 Å². The Kier molecular flexibility index (Phi) is 7.19. The van der Waals surface area contributed by atoms with Crippen molar-refractivity contribution in [1.82, 2.24) is 10.2 Å². The Morgan fingerprint density at radius 2 is 1.45 bits per heavy atom. The van der Waals surface area contributed by atoms with Crippen molar-refractivity contribution in [3.63, 3.8) is 0 Å². The molecule has 4 rings (SSSR count). The van der Waals surface area contributed by atoms with Crippen LogP contribution in [0.25, 0.3) is 0 Å². The highest BCUT2D eigenvalue weighted by Crippen LogP contribution is 2.16. The fourth-order valence-electron chi connectivity index (χ4n) is 3.84. The predicted octanol–water partition coefficient (Wildman–Crippen LogP) is 3.82. The Hall–Kier alpha value is -3.31. The molecule has 3 aromatic carbocycles. The molecule has 0 unspecified atom stereocenters. The van der Waals surface area contributed by atoms with E-state index in [9.17, 15) is 4.79 Å². The topological polar surface area (TPSA) is 44.8 Å². The van der Waals surface area contributed by atoms with Gasteiger partial charge in [-0.2, -0.15) is 0 Å². The van der Waals surface area contributed by atoms with E-state index in [2.05, 4.69) is 39.4 Å². The van der Waals surface area contributed by atoms with Gasteiger partial charge in [-0.25, -0.2) is 0 Å². The number of piperazine rings is 1. The van der Waals surface area contributed by atoms with Gasteiger partial charge in [0, 0.05) is 56.1 Å². The molecule has 0 bridgehead atoms.